The SMILES string of the molecule is CCn1cc(C(=O)N2CCN(c3cc(-c4ccc(OC)cc4)ncn3)CC2)c(=O)c2ccc(C)nc21. The number of hydrogen-bond acceptors (Lipinski definition) is 7. The zero-order valence-corrected chi connectivity index (χ0v) is 20.6. The number of anilines is 1. The fourth-order valence-corrected chi connectivity index (χ4v) is 4.50. The number of rotatable bonds is 5. The summed E-state index contributed by atoms with van der Waals surface area (Å²) in [4.78, 5) is 43.8. The largest absolute Gasteiger partial charge is 0.497 e. The molecule has 36 heavy (non-hydrogen) atoms. The molecular formula is C27H28N6O3. The van der Waals surface area contributed by atoms with Crippen LogP contribution in [0.1, 0.15) is 23.0 Å². The highest BCUT2D eigenvalue weighted by Gasteiger charge is 2.26. The van der Waals surface area contributed by atoms with E-state index < -0.39 is 0 Å². The molecule has 184 valence electrons. The maximum Gasteiger partial charge on any atom is 0.259 e. The number of fused-ring (bicyclic) bond motifs is 1. The van der Waals surface area contributed by atoms with Crippen LogP contribution in [0.25, 0.3) is 22.3 Å². The number of benzene rings is 1. The molecule has 0 spiro atoms. The normalized spacial score (nSPS) is 13.8. The average molecular weight is 485 g/mol. The molecule has 1 saturated heterocycles. The van der Waals surface area contributed by atoms with E-state index in [1.165, 1.54) is 0 Å². The van der Waals surface area contributed by atoms with E-state index in [2.05, 4.69) is 19.9 Å². The molecule has 0 saturated carbocycles. The quantitative estimate of drug-likeness (QED) is 0.430. The third kappa shape index (κ3) is 4.39. The summed E-state index contributed by atoms with van der Waals surface area (Å²) in [5.41, 5.74) is 3.16. The Bertz CT molecular complexity index is 1470. The zero-order valence-electron chi connectivity index (χ0n) is 20.6. The molecule has 1 aromatic carbocycles. The second-order valence-electron chi connectivity index (χ2n) is 8.75. The predicted molar refractivity (Wildman–Crippen MR) is 139 cm³/mol. The Balaban J connectivity index is 1.33. The first-order valence-corrected chi connectivity index (χ1v) is 12.0. The summed E-state index contributed by atoms with van der Waals surface area (Å²) in [5, 5.41) is 0.471. The number of pyridine rings is 2. The first-order chi connectivity index (χ1) is 17.5. The van der Waals surface area contributed by atoms with Gasteiger partial charge in [0.1, 0.15) is 29.1 Å². The minimum absolute atomic E-state index is 0.187. The van der Waals surface area contributed by atoms with Gasteiger partial charge in [-0.2, -0.15) is 0 Å². The molecule has 0 N–H and O–H groups in total. The number of piperazine rings is 1. The van der Waals surface area contributed by atoms with Gasteiger partial charge in [0.05, 0.1) is 18.2 Å². The van der Waals surface area contributed by atoms with Crippen LogP contribution in [0.15, 0.2) is 59.8 Å². The summed E-state index contributed by atoms with van der Waals surface area (Å²) in [6.45, 7) is 6.70. The van der Waals surface area contributed by atoms with Crippen molar-refractivity contribution in [2.45, 2.75) is 20.4 Å². The second kappa shape index (κ2) is 9.77. The van der Waals surface area contributed by atoms with Gasteiger partial charge in [0.15, 0.2) is 0 Å². The summed E-state index contributed by atoms with van der Waals surface area (Å²) in [7, 11) is 1.64. The van der Waals surface area contributed by atoms with E-state index in [1.807, 2.05) is 48.7 Å². The summed E-state index contributed by atoms with van der Waals surface area (Å²) in [6, 6.07) is 13.2. The molecule has 0 aliphatic carbocycles. The van der Waals surface area contributed by atoms with Crippen LogP contribution < -0.4 is 15.1 Å². The molecule has 0 atom stereocenters. The van der Waals surface area contributed by atoms with E-state index in [4.69, 9.17) is 4.74 Å². The summed E-state index contributed by atoms with van der Waals surface area (Å²) in [5.74, 6) is 1.35. The van der Waals surface area contributed by atoms with Gasteiger partial charge < -0.3 is 19.1 Å². The lowest BCUT2D eigenvalue weighted by atomic mass is 10.1. The Morgan fingerprint density at radius 3 is 2.47 bits per heavy atom. The molecule has 4 aromatic rings. The topological polar surface area (TPSA) is 93.5 Å². The van der Waals surface area contributed by atoms with Crippen LogP contribution in [0, 0.1) is 6.92 Å². The molecule has 4 heterocycles. The summed E-state index contributed by atoms with van der Waals surface area (Å²) < 4.78 is 7.10. The smallest absolute Gasteiger partial charge is 0.259 e. The first-order valence-electron chi connectivity index (χ1n) is 12.0. The first kappa shape index (κ1) is 23.5. The third-order valence-corrected chi connectivity index (χ3v) is 6.56. The lowest BCUT2D eigenvalue weighted by Crippen LogP contribution is -2.49. The van der Waals surface area contributed by atoms with Crippen LogP contribution in [-0.2, 0) is 6.54 Å². The Labute approximate surface area is 209 Å². The minimum atomic E-state index is -0.269. The lowest BCUT2D eigenvalue weighted by Gasteiger charge is -2.35. The van der Waals surface area contributed by atoms with Crippen LogP contribution in [0.2, 0.25) is 0 Å². The van der Waals surface area contributed by atoms with Crippen molar-refractivity contribution in [1.29, 1.82) is 0 Å². The molecule has 1 amide bonds. The van der Waals surface area contributed by atoms with Crippen molar-refractivity contribution in [3.05, 3.63) is 76.5 Å². The number of nitrogens with zero attached hydrogens (tertiary/aromatic N) is 6. The van der Waals surface area contributed by atoms with Gasteiger partial charge in [0.25, 0.3) is 5.91 Å². The fourth-order valence-electron chi connectivity index (χ4n) is 4.50. The summed E-state index contributed by atoms with van der Waals surface area (Å²) >= 11 is 0. The number of methoxy groups -OCH3 is 1. The highest BCUT2D eigenvalue weighted by molar-refractivity contribution is 5.97. The van der Waals surface area contributed by atoms with E-state index in [1.54, 1.807) is 36.7 Å². The van der Waals surface area contributed by atoms with Gasteiger partial charge in [0.2, 0.25) is 5.43 Å². The minimum Gasteiger partial charge on any atom is -0.497 e. The Morgan fingerprint density at radius 1 is 1.03 bits per heavy atom. The van der Waals surface area contributed by atoms with Crippen molar-refractivity contribution in [1.82, 2.24) is 24.4 Å². The number of hydrogen-bond donors (Lipinski definition) is 0. The molecule has 3 aromatic heterocycles. The number of amides is 1. The molecular weight excluding hydrogens is 456 g/mol. The Hall–Kier alpha value is -4.27. The van der Waals surface area contributed by atoms with Crippen molar-refractivity contribution in [3.8, 4) is 17.0 Å². The maximum atomic E-state index is 13.4. The fraction of sp³-hybridized carbons (Fsp3) is 0.296. The molecule has 9 heteroatoms. The van der Waals surface area contributed by atoms with Gasteiger partial charge in [0, 0.05) is 56.2 Å². The van der Waals surface area contributed by atoms with Crippen molar-refractivity contribution in [3.63, 3.8) is 0 Å². The van der Waals surface area contributed by atoms with Gasteiger partial charge in [-0.15, -0.1) is 0 Å². The van der Waals surface area contributed by atoms with E-state index in [-0.39, 0.29) is 16.9 Å². The van der Waals surface area contributed by atoms with Crippen molar-refractivity contribution < 1.29 is 9.53 Å². The zero-order chi connectivity index (χ0) is 25.2. The third-order valence-electron chi connectivity index (χ3n) is 6.56. The van der Waals surface area contributed by atoms with E-state index in [9.17, 15) is 9.59 Å². The standard InChI is InChI=1S/C27H28N6O3/c1-4-31-16-22(25(34)21-10-5-18(2)30-26(21)31)27(35)33-13-11-32(12-14-33)24-15-23(28-17-29-24)19-6-8-20(36-3)9-7-19/h5-10,15-17H,4,11-14H2,1-3H3. The van der Waals surface area contributed by atoms with Gasteiger partial charge in [-0.3, -0.25) is 9.59 Å². The van der Waals surface area contributed by atoms with Crippen LogP contribution in [-0.4, -0.2) is 63.6 Å². The molecule has 1 aliphatic heterocycles. The number of carbonyl (C=O) groups is 1. The monoisotopic (exact) mass is 484 g/mol. The van der Waals surface area contributed by atoms with Gasteiger partial charge in [-0.25, -0.2) is 15.0 Å². The van der Waals surface area contributed by atoms with Gasteiger partial charge in [-0.1, -0.05) is 0 Å². The molecule has 5 rings (SSSR count). The van der Waals surface area contributed by atoms with Gasteiger partial charge >= 0.3 is 0 Å². The molecule has 1 fully saturated rings. The molecule has 0 unspecified atom stereocenters. The Kier molecular flexibility index (Phi) is 6.37. The van der Waals surface area contributed by atoms with E-state index in [0.29, 0.717) is 43.8 Å². The lowest BCUT2D eigenvalue weighted by molar-refractivity contribution is 0.0744. The molecule has 9 nitrogen and oxygen atoms in total. The van der Waals surface area contributed by atoms with Gasteiger partial charge in [-0.05, 0) is 50.2 Å². The molecule has 1 aliphatic rings. The number of ether oxygens (including phenoxy) is 1. The van der Waals surface area contributed by atoms with Crippen molar-refractivity contribution >= 4 is 22.8 Å². The predicted octanol–water partition coefficient (Wildman–Crippen LogP) is 3.15. The number of aromatic nitrogens is 4. The van der Waals surface area contributed by atoms with Crippen LogP contribution >= 0.6 is 0 Å². The van der Waals surface area contributed by atoms with E-state index in [0.717, 1.165) is 28.5 Å². The maximum absolute atomic E-state index is 13.4. The average Bonchev–Trinajstić information content (AvgIpc) is 2.93. The number of carbonyl (C=O) groups excluding carboxylic acids is 1. The second-order valence-corrected chi connectivity index (χ2v) is 8.75. The molecule has 0 bridgehead atoms. The Morgan fingerprint density at radius 2 is 1.78 bits per heavy atom. The van der Waals surface area contributed by atoms with Crippen LogP contribution in [0.4, 0.5) is 5.82 Å². The highest BCUT2D eigenvalue weighted by atomic mass is 16.5. The van der Waals surface area contributed by atoms with E-state index >= 15 is 0 Å². The van der Waals surface area contributed by atoms with Crippen molar-refractivity contribution in [2.75, 3.05) is 38.2 Å². The highest BCUT2D eigenvalue weighted by Crippen LogP contribution is 2.24. The van der Waals surface area contributed by atoms with Crippen LogP contribution in [0.3, 0.4) is 0 Å². The summed E-state index contributed by atoms with van der Waals surface area (Å²) in [6.07, 6.45) is 3.21. The van der Waals surface area contributed by atoms with Crippen LogP contribution in [0.5, 0.6) is 5.75 Å². The van der Waals surface area contributed by atoms with Crippen molar-refractivity contribution in [2.24, 2.45) is 0 Å². The molecule has 0 radical (unpaired) electrons. The number of aryl methyl sites for hydroxylation is 2.